The number of halogens is 1. The zero-order valence-corrected chi connectivity index (χ0v) is 10.2. The van der Waals surface area contributed by atoms with Crippen LogP contribution in [0.5, 0.6) is 0 Å². The lowest BCUT2D eigenvalue weighted by atomic mass is 10.2. The largest absolute Gasteiger partial charge is 0.260 e. The molecule has 4 heteroatoms. The predicted octanol–water partition coefficient (Wildman–Crippen LogP) is 2.84. The van der Waals surface area contributed by atoms with Gasteiger partial charge in [0.25, 0.3) is 0 Å². The summed E-state index contributed by atoms with van der Waals surface area (Å²) in [6.45, 7) is 1.93. The van der Waals surface area contributed by atoms with E-state index in [4.69, 9.17) is 0 Å². The van der Waals surface area contributed by atoms with E-state index in [2.05, 4.69) is 4.98 Å². The van der Waals surface area contributed by atoms with E-state index in [0.29, 0.717) is 10.6 Å². The molecule has 0 saturated heterocycles. The number of pyridine rings is 1. The van der Waals surface area contributed by atoms with E-state index < -0.39 is 10.8 Å². The molecule has 0 spiro atoms. The Balaban J connectivity index is 2.17. The van der Waals surface area contributed by atoms with Crippen LogP contribution in [0, 0.1) is 12.7 Å². The van der Waals surface area contributed by atoms with Crippen molar-refractivity contribution in [2.45, 2.75) is 17.6 Å². The lowest BCUT2D eigenvalue weighted by Gasteiger charge is -2.04. The number of hydrogen-bond donors (Lipinski definition) is 0. The molecule has 88 valence electrons. The van der Waals surface area contributed by atoms with Crippen LogP contribution >= 0.6 is 0 Å². The molecule has 1 atom stereocenters. The van der Waals surface area contributed by atoms with Gasteiger partial charge in [0.15, 0.2) is 0 Å². The fourth-order valence-corrected chi connectivity index (χ4v) is 2.62. The van der Waals surface area contributed by atoms with Crippen molar-refractivity contribution in [1.29, 1.82) is 0 Å². The minimum absolute atomic E-state index is 0.320. The Hall–Kier alpha value is -1.55. The summed E-state index contributed by atoms with van der Waals surface area (Å²) >= 11 is 0. The van der Waals surface area contributed by atoms with Crippen LogP contribution < -0.4 is 0 Å². The fourth-order valence-electron chi connectivity index (χ4n) is 1.46. The van der Waals surface area contributed by atoms with Gasteiger partial charge in [0.2, 0.25) is 0 Å². The van der Waals surface area contributed by atoms with Crippen molar-refractivity contribution in [3.8, 4) is 0 Å². The summed E-state index contributed by atoms with van der Waals surface area (Å²) in [7, 11) is -1.18. The first kappa shape index (κ1) is 11.9. The topological polar surface area (TPSA) is 30.0 Å². The van der Waals surface area contributed by atoms with Gasteiger partial charge in [0.05, 0.1) is 22.2 Å². The molecule has 2 rings (SSSR count). The number of rotatable bonds is 3. The highest BCUT2D eigenvalue weighted by Gasteiger charge is 2.07. The maximum absolute atomic E-state index is 12.7. The van der Waals surface area contributed by atoms with Gasteiger partial charge < -0.3 is 0 Å². The summed E-state index contributed by atoms with van der Waals surface area (Å²) in [6, 6.07) is 9.51. The minimum Gasteiger partial charge on any atom is -0.260 e. The lowest BCUT2D eigenvalue weighted by molar-refractivity contribution is 0.626. The van der Waals surface area contributed by atoms with Gasteiger partial charge in [-0.15, -0.1) is 0 Å². The number of nitrogens with zero attached hydrogens (tertiary/aromatic N) is 1. The van der Waals surface area contributed by atoms with Crippen LogP contribution in [0.3, 0.4) is 0 Å². The molecule has 0 N–H and O–H groups in total. The molecule has 1 aromatic heterocycles. The van der Waals surface area contributed by atoms with Crippen molar-refractivity contribution < 1.29 is 8.60 Å². The summed E-state index contributed by atoms with van der Waals surface area (Å²) in [5.41, 5.74) is 1.83. The third-order valence-corrected chi connectivity index (χ3v) is 3.80. The van der Waals surface area contributed by atoms with Crippen molar-refractivity contribution in [2.75, 3.05) is 0 Å². The highest BCUT2D eigenvalue weighted by molar-refractivity contribution is 7.84. The summed E-state index contributed by atoms with van der Waals surface area (Å²) in [5.74, 6) is 0.0398. The van der Waals surface area contributed by atoms with Gasteiger partial charge in [-0.25, -0.2) is 4.39 Å². The number of hydrogen-bond acceptors (Lipinski definition) is 2. The highest BCUT2D eigenvalue weighted by atomic mass is 32.2. The van der Waals surface area contributed by atoms with Crippen LogP contribution in [-0.2, 0) is 16.6 Å². The lowest BCUT2D eigenvalue weighted by Crippen LogP contribution is -2.00. The molecule has 0 aliphatic carbocycles. The monoisotopic (exact) mass is 249 g/mol. The van der Waals surface area contributed by atoms with Gasteiger partial charge >= 0.3 is 0 Å². The molecule has 0 aliphatic rings. The van der Waals surface area contributed by atoms with Crippen LogP contribution in [0.1, 0.15) is 11.3 Å². The Kier molecular flexibility index (Phi) is 3.64. The van der Waals surface area contributed by atoms with Crippen molar-refractivity contribution in [3.05, 3.63) is 59.7 Å². The molecule has 2 aromatic rings. The van der Waals surface area contributed by atoms with Gasteiger partial charge in [-0.2, -0.15) is 0 Å². The average Bonchev–Trinajstić information content (AvgIpc) is 2.33. The van der Waals surface area contributed by atoms with Gasteiger partial charge in [-0.3, -0.25) is 9.19 Å². The Labute approximate surface area is 102 Å². The highest BCUT2D eigenvalue weighted by Crippen LogP contribution is 2.13. The first-order valence-electron chi connectivity index (χ1n) is 5.21. The molecule has 17 heavy (non-hydrogen) atoms. The first-order valence-corrected chi connectivity index (χ1v) is 6.53. The van der Waals surface area contributed by atoms with E-state index >= 15 is 0 Å². The second-order valence-corrected chi connectivity index (χ2v) is 5.16. The van der Waals surface area contributed by atoms with Crippen LogP contribution in [-0.4, -0.2) is 9.19 Å². The molecule has 0 amide bonds. The molecule has 2 nitrogen and oxygen atoms in total. The summed E-state index contributed by atoms with van der Waals surface area (Å²) in [5, 5.41) is 0. The molecule has 0 bridgehead atoms. The second kappa shape index (κ2) is 5.19. The molecule has 0 aliphatic heterocycles. The fraction of sp³-hybridized carbons (Fsp3) is 0.154. The molecule has 1 heterocycles. The average molecular weight is 249 g/mol. The maximum atomic E-state index is 12.7. The Morgan fingerprint density at radius 1 is 1.24 bits per heavy atom. The smallest absolute Gasteiger partial charge is 0.123 e. The number of aryl methyl sites for hydroxylation is 1. The molecule has 0 saturated carbocycles. The van der Waals surface area contributed by atoms with Gasteiger partial charge in [0, 0.05) is 11.1 Å². The Morgan fingerprint density at radius 2 is 1.94 bits per heavy atom. The van der Waals surface area contributed by atoms with Crippen LogP contribution in [0.15, 0.2) is 47.5 Å². The quantitative estimate of drug-likeness (QED) is 0.837. The Bertz CT molecular complexity index is 539. The standard InChI is InChI=1S/C13H12FNOS/c1-10-3-2-8-15-13(10)9-17(16)12-6-4-11(14)5-7-12/h2-8H,9H2,1H3. The predicted molar refractivity (Wildman–Crippen MR) is 65.5 cm³/mol. The van der Waals surface area contributed by atoms with E-state index in [9.17, 15) is 8.60 Å². The van der Waals surface area contributed by atoms with Crippen LogP contribution in [0.4, 0.5) is 4.39 Å². The molecule has 1 unspecified atom stereocenters. The summed E-state index contributed by atoms with van der Waals surface area (Å²) in [6.07, 6.45) is 1.68. The van der Waals surface area contributed by atoms with Crippen molar-refractivity contribution in [2.24, 2.45) is 0 Å². The van der Waals surface area contributed by atoms with E-state index in [1.165, 1.54) is 12.1 Å². The SMILES string of the molecule is Cc1cccnc1CS(=O)c1ccc(F)cc1. The third kappa shape index (κ3) is 2.97. The number of benzene rings is 1. The van der Waals surface area contributed by atoms with Crippen LogP contribution in [0.25, 0.3) is 0 Å². The number of aromatic nitrogens is 1. The van der Waals surface area contributed by atoms with Crippen molar-refractivity contribution in [3.63, 3.8) is 0 Å². The maximum Gasteiger partial charge on any atom is 0.123 e. The zero-order chi connectivity index (χ0) is 12.3. The molecule has 0 radical (unpaired) electrons. The summed E-state index contributed by atoms with van der Waals surface area (Å²) < 4.78 is 24.8. The minimum atomic E-state index is -1.18. The van der Waals surface area contributed by atoms with Gasteiger partial charge in [0.1, 0.15) is 5.82 Å². The molecular formula is C13H12FNOS. The normalized spacial score (nSPS) is 12.4. The molecule has 0 fully saturated rings. The third-order valence-electron chi connectivity index (χ3n) is 2.46. The zero-order valence-electron chi connectivity index (χ0n) is 9.39. The van der Waals surface area contributed by atoms with Crippen molar-refractivity contribution >= 4 is 10.8 Å². The summed E-state index contributed by atoms with van der Waals surface area (Å²) in [4.78, 5) is 4.82. The van der Waals surface area contributed by atoms with Crippen molar-refractivity contribution in [1.82, 2.24) is 4.98 Å². The van der Waals surface area contributed by atoms with Crippen LogP contribution in [0.2, 0.25) is 0 Å². The van der Waals surface area contributed by atoms with Gasteiger partial charge in [-0.05, 0) is 42.8 Å². The van der Waals surface area contributed by atoms with Gasteiger partial charge in [-0.1, -0.05) is 6.07 Å². The van der Waals surface area contributed by atoms with E-state index in [0.717, 1.165) is 11.3 Å². The van der Waals surface area contributed by atoms with E-state index in [1.807, 2.05) is 19.1 Å². The van der Waals surface area contributed by atoms with E-state index in [-0.39, 0.29) is 5.82 Å². The Morgan fingerprint density at radius 3 is 2.59 bits per heavy atom. The second-order valence-electron chi connectivity index (χ2n) is 3.71. The van der Waals surface area contributed by atoms with E-state index in [1.54, 1.807) is 18.3 Å². The molecular weight excluding hydrogens is 237 g/mol. The first-order chi connectivity index (χ1) is 8.16. The molecule has 1 aromatic carbocycles.